The quantitative estimate of drug-likeness (QED) is 0.756. The van der Waals surface area contributed by atoms with E-state index in [0.717, 1.165) is 62.0 Å². The lowest BCUT2D eigenvalue weighted by atomic mass is 9.77. The molecule has 30 heavy (non-hydrogen) atoms. The molecular weight excluding hydrogens is 380 g/mol. The summed E-state index contributed by atoms with van der Waals surface area (Å²) >= 11 is 0. The molecule has 2 aromatic rings. The van der Waals surface area contributed by atoms with Gasteiger partial charge in [-0.15, -0.1) is 0 Å². The molecule has 0 aromatic carbocycles. The van der Waals surface area contributed by atoms with Gasteiger partial charge >= 0.3 is 0 Å². The molecule has 0 radical (unpaired) electrons. The number of hydrogen-bond donors (Lipinski definition) is 1. The summed E-state index contributed by atoms with van der Waals surface area (Å²) in [5.41, 5.74) is 1.87. The van der Waals surface area contributed by atoms with E-state index in [4.69, 9.17) is 9.26 Å². The van der Waals surface area contributed by atoms with Gasteiger partial charge in [-0.05, 0) is 55.6 Å². The average Bonchev–Trinajstić information content (AvgIpc) is 3.31. The third-order valence-corrected chi connectivity index (χ3v) is 6.74. The summed E-state index contributed by atoms with van der Waals surface area (Å²) in [6.07, 6.45) is 8.27. The second-order valence-corrected chi connectivity index (χ2v) is 9.22. The number of aromatic nitrogens is 2. The molecule has 160 valence electrons. The van der Waals surface area contributed by atoms with Crippen molar-refractivity contribution in [2.45, 2.75) is 51.3 Å². The molecule has 3 fully saturated rings. The van der Waals surface area contributed by atoms with Crippen LogP contribution < -0.4 is 5.32 Å². The van der Waals surface area contributed by atoms with Crippen molar-refractivity contribution in [3.8, 4) is 11.3 Å². The van der Waals surface area contributed by atoms with Crippen LogP contribution in [0.15, 0.2) is 35.1 Å². The molecule has 4 atom stereocenters. The summed E-state index contributed by atoms with van der Waals surface area (Å²) < 4.78 is 11.9. The first-order valence-electron chi connectivity index (χ1n) is 11.1. The van der Waals surface area contributed by atoms with Gasteiger partial charge in [-0.1, -0.05) is 5.16 Å². The third-order valence-electron chi connectivity index (χ3n) is 6.74. The zero-order valence-corrected chi connectivity index (χ0v) is 17.5. The zero-order valence-electron chi connectivity index (χ0n) is 17.5. The fourth-order valence-electron chi connectivity index (χ4n) is 5.05. The number of nitrogens with one attached hydrogen (secondary N) is 1. The van der Waals surface area contributed by atoms with Crippen molar-refractivity contribution in [3.05, 3.63) is 36.4 Å². The first-order valence-corrected chi connectivity index (χ1v) is 11.1. The molecule has 5 rings (SSSR count). The maximum atomic E-state index is 11.7. The van der Waals surface area contributed by atoms with Crippen LogP contribution in [0, 0.1) is 17.8 Å². The maximum absolute atomic E-state index is 11.7. The molecule has 1 amide bonds. The molecule has 3 aliphatic rings. The molecule has 2 aliphatic carbocycles. The summed E-state index contributed by atoms with van der Waals surface area (Å²) in [5.74, 6) is 2.87. The molecule has 1 aliphatic heterocycles. The Hall–Kier alpha value is -2.25. The van der Waals surface area contributed by atoms with Gasteiger partial charge in [0.1, 0.15) is 5.69 Å². The Labute approximate surface area is 177 Å². The first kappa shape index (κ1) is 19.7. The van der Waals surface area contributed by atoms with E-state index in [1.165, 1.54) is 12.8 Å². The van der Waals surface area contributed by atoms with Crippen LogP contribution in [0.5, 0.6) is 0 Å². The fraction of sp³-hybridized carbons (Fsp3) is 0.609. The molecule has 0 unspecified atom stereocenters. The second-order valence-electron chi connectivity index (χ2n) is 9.22. The SMILES string of the molecule is CC(=O)N[C@@H]1C[C@@H]2CN(Cc3cc(-c4ccncc4)no3)C[C@@H]2C[C@H]1OCC1CC1. The fourth-order valence-corrected chi connectivity index (χ4v) is 5.05. The Kier molecular flexibility index (Phi) is 5.56. The minimum Gasteiger partial charge on any atom is -0.376 e. The molecule has 0 spiro atoms. The molecule has 3 heterocycles. The van der Waals surface area contributed by atoms with Crippen molar-refractivity contribution in [1.29, 1.82) is 0 Å². The van der Waals surface area contributed by atoms with E-state index in [1.807, 2.05) is 18.2 Å². The van der Waals surface area contributed by atoms with Gasteiger partial charge in [0.2, 0.25) is 5.91 Å². The van der Waals surface area contributed by atoms with Crippen LogP contribution in [0.3, 0.4) is 0 Å². The highest BCUT2D eigenvalue weighted by molar-refractivity contribution is 5.73. The highest BCUT2D eigenvalue weighted by Crippen LogP contribution is 2.39. The third kappa shape index (κ3) is 4.57. The van der Waals surface area contributed by atoms with Crippen LogP contribution in [0.1, 0.15) is 38.4 Å². The summed E-state index contributed by atoms with van der Waals surface area (Å²) in [7, 11) is 0. The van der Waals surface area contributed by atoms with E-state index in [0.29, 0.717) is 11.8 Å². The van der Waals surface area contributed by atoms with Crippen molar-refractivity contribution < 1.29 is 14.1 Å². The van der Waals surface area contributed by atoms with E-state index in [1.54, 1.807) is 19.3 Å². The number of amides is 1. The second kappa shape index (κ2) is 8.47. The minimum absolute atomic E-state index is 0.0404. The monoisotopic (exact) mass is 410 g/mol. The van der Waals surface area contributed by atoms with E-state index in [9.17, 15) is 4.79 Å². The zero-order chi connectivity index (χ0) is 20.5. The van der Waals surface area contributed by atoms with Crippen LogP contribution in [0.25, 0.3) is 11.3 Å². The summed E-state index contributed by atoms with van der Waals surface area (Å²) in [5, 5.41) is 7.38. The Morgan fingerprint density at radius 1 is 1.23 bits per heavy atom. The largest absolute Gasteiger partial charge is 0.376 e. The summed E-state index contributed by atoms with van der Waals surface area (Å²) in [6, 6.07) is 6.04. The number of nitrogens with zero attached hydrogens (tertiary/aromatic N) is 3. The Morgan fingerprint density at radius 3 is 2.73 bits per heavy atom. The Morgan fingerprint density at radius 2 is 2.00 bits per heavy atom. The van der Waals surface area contributed by atoms with Gasteiger partial charge in [-0.3, -0.25) is 14.7 Å². The number of carbonyl (C=O) groups excluding carboxylic acids is 1. The minimum atomic E-state index is 0.0404. The molecule has 7 nitrogen and oxygen atoms in total. The summed E-state index contributed by atoms with van der Waals surface area (Å²) in [6.45, 7) is 5.30. The molecule has 1 saturated heterocycles. The van der Waals surface area contributed by atoms with Gasteiger partial charge in [-0.2, -0.15) is 0 Å². The van der Waals surface area contributed by atoms with Gasteiger partial charge in [0.05, 0.1) is 18.7 Å². The average molecular weight is 411 g/mol. The van der Waals surface area contributed by atoms with E-state index >= 15 is 0 Å². The normalized spacial score (nSPS) is 29.0. The molecule has 7 heteroatoms. The van der Waals surface area contributed by atoms with Crippen molar-refractivity contribution in [2.75, 3.05) is 19.7 Å². The van der Waals surface area contributed by atoms with Gasteiger partial charge in [-0.25, -0.2) is 0 Å². The van der Waals surface area contributed by atoms with Crippen LogP contribution in [-0.4, -0.2) is 52.8 Å². The maximum Gasteiger partial charge on any atom is 0.217 e. The number of carbonyl (C=O) groups is 1. The lowest BCUT2D eigenvalue weighted by molar-refractivity contribution is -0.122. The molecular formula is C23H30N4O3. The molecule has 2 aromatic heterocycles. The van der Waals surface area contributed by atoms with Gasteiger partial charge in [0.15, 0.2) is 5.76 Å². The lowest BCUT2D eigenvalue weighted by Crippen LogP contribution is -2.50. The number of pyridine rings is 1. The number of likely N-dealkylation sites (tertiary alicyclic amines) is 1. The smallest absolute Gasteiger partial charge is 0.217 e. The standard InChI is InChI=1S/C23H30N4O3/c1-15(28)25-22-8-18-11-27(12-19(18)9-23(22)29-14-16-2-3-16)13-20-10-21(26-30-20)17-4-6-24-7-5-17/h4-7,10,16,18-19,22-23H,2-3,8-9,11-14H2,1H3,(H,25,28)/t18-,19+,22-,23-/m1/s1. The lowest BCUT2D eigenvalue weighted by Gasteiger charge is -2.38. The molecule has 0 bridgehead atoms. The van der Waals surface area contributed by atoms with Gasteiger partial charge < -0.3 is 14.6 Å². The van der Waals surface area contributed by atoms with E-state index in [2.05, 4.69) is 20.4 Å². The first-order chi connectivity index (χ1) is 14.6. The van der Waals surface area contributed by atoms with Crippen LogP contribution >= 0.6 is 0 Å². The van der Waals surface area contributed by atoms with Gasteiger partial charge in [0.25, 0.3) is 0 Å². The van der Waals surface area contributed by atoms with Crippen LogP contribution in [0.4, 0.5) is 0 Å². The van der Waals surface area contributed by atoms with E-state index in [-0.39, 0.29) is 18.1 Å². The number of hydrogen-bond acceptors (Lipinski definition) is 6. The highest BCUT2D eigenvalue weighted by Gasteiger charge is 2.43. The molecule has 1 N–H and O–H groups in total. The van der Waals surface area contributed by atoms with Crippen molar-refractivity contribution in [3.63, 3.8) is 0 Å². The number of rotatable bonds is 7. The topological polar surface area (TPSA) is 80.5 Å². The van der Waals surface area contributed by atoms with Gasteiger partial charge in [0, 0.05) is 50.6 Å². The predicted molar refractivity (Wildman–Crippen MR) is 111 cm³/mol. The Bertz CT molecular complexity index is 866. The Balaban J connectivity index is 1.21. The van der Waals surface area contributed by atoms with Crippen molar-refractivity contribution >= 4 is 5.91 Å². The van der Waals surface area contributed by atoms with Crippen molar-refractivity contribution in [2.24, 2.45) is 17.8 Å². The van der Waals surface area contributed by atoms with Crippen LogP contribution in [-0.2, 0) is 16.1 Å². The summed E-state index contributed by atoms with van der Waals surface area (Å²) in [4.78, 5) is 18.2. The van der Waals surface area contributed by atoms with Crippen LogP contribution in [0.2, 0.25) is 0 Å². The number of fused-ring (bicyclic) bond motifs is 1. The highest BCUT2D eigenvalue weighted by atomic mass is 16.5. The number of ether oxygens (including phenoxy) is 1. The molecule has 2 saturated carbocycles. The van der Waals surface area contributed by atoms with Crippen molar-refractivity contribution in [1.82, 2.24) is 20.4 Å². The van der Waals surface area contributed by atoms with E-state index < -0.39 is 0 Å². The predicted octanol–water partition coefficient (Wildman–Crippen LogP) is 2.88.